The fourth-order valence-corrected chi connectivity index (χ4v) is 4.68. The van der Waals surface area contributed by atoms with Crippen LogP contribution >= 0.6 is 23.2 Å². The lowest BCUT2D eigenvalue weighted by molar-refractivity contribution is -0.118. The molecule has 0 aromatic heterocycles. The average molecular weight is 493 g/mol. The average Bonchev–Trinajstić information content (AvgIpc) is 2.76. The second-order valence-corrected chi connectivity index (χ2v) is 9.62. The monoisotopic (exact) mass is 492 g/mol. The number of benzene rings is 3. The summed E-state index contributed by atoms with van der Waals surface area (Å²) in [5.74, 6) is -0.207. The molecule has 3 rings (SSSR count). The molecule has 0 fully saturated rings. The third-order valence-electron chi connectivity index (χ3n) is 4.75. The molecule has 2 N–H and O–H groups in total. The molecular weight excluding hydrogens is 471 g/mol. The Kier molecular flexibility index (Phi) is 7.79. The van der Waals surface area contributed by atoms with Gasteiger partial charge in [0.05, 0.1) is 9.92 Å². The predicted molar refractivity (Wildman–Crippen MR) is 127 cm³/mol. The molecule has 6 nitrogen and oxygen atoms in total. The number of carbonyl (C=O) groups excluding carboxylic acids is 1. The third-order valence-corrected chi connectivity index (χ3v) is 6.99. The Morgan fingerprint density at radius 1 is 1.00 bits per heavy atom. The number of rotatable bonds is 8. The first-order valence-corrected chi connectivity index (χ1v) is 12.0. The molecule has 9 heteroatoms. The van der Waals surface area contributed by atoms with E-state index in [1.54, 1.807) is 32.0 Å². The van der Waals surface area contributed by atoms with Crippen molar-refractivity contribution in [3.63, 3.8) is 0 Å². The minimum atomic E-state index is -3.81. The molecule has 0 heterocycles. The van der Waals surface area contributed by atoms with E-state index in [1.807, 2.05) is 30.3 Å². The van der Waals surface area contributed by atoms with E-state index in [-0.39, 0.29) is 22.3 Å². The van der Waals surface area contributed by atoms with Crippen LogP contribution in [-0.2, 0) is 14.8 Å². The molecule has 0 unspecified atom stereocenters. The van der Waals surface area contributed by atoms with Crippen molar-refractivity contribution in [1.82, 2.24) is 4.72 Å². The molecule has 0 saturated heterocycles. The molecule has 0 aliphatic heterocycles. The summed E-state index contributed by atoms with van der Waals surface area (Å²) in [6.07, 6.45) is 0. The first kappa shape index (κ1) is 24.1. The highest BCUT2D eigenvalue weighted by atomic mass is 35.5. The summed E-state index contributed by atoms with van der Waals surface area (Å²) in [7, 11) is -3.81. The summed E-state index contributed by atoms with van der Waals surface area (Å²) < 4.78 is 33.5. The minimum absolute atomic E-state index is 0.00312. The quantitative estimate of drug-likeness (QED) is 0.443. The largest absolute Gasteiger partial charge is 0.482 e. The Morgan fingerprint density at radius 2 is 1.72 bits per heavy atom. The van der Waals surface area contributed by atoms with E-state index < -0.39 is 22.0 Å². The van der Waals surface area contributed by atoms with Crippen molar-refractivity contribution in [2.75, 3.05) is 11.9 Å². The zero-order valence-electron chi connectivity index (χ0n) is 17.4. The van der Waals surface area contributed by atoms with Gasteiger partial charge in [-0.05, 0) is 55.3 Å². The van der Waals surface area contributed by atoms with E-state index in [1.165, 1.54) is 18.2 Å². The molecule has 1 atom stereocenters. The highest BCUT2D eigenvalue weighted by Gasteiger charge is 2.20. The SMILES string of the molecule is Cc1c(Cl)cccc1NC(=O)COc1ccc(S(=O)(=O)N[C@@H](C)c2ccccc2)cc1Cl. The maximum absolute atomic E-state index is 12.7. The molecule has 0 aliphatic rings. The molecule has 0 aliphatic carbocycles. The number of anilines is 1. The summed E-state index contributed by atoms with van der Waals surface area (Å²) in [6, 6.07) is 18.1. The van der Waals surface area contributed by atoms with Gasteiger partial charge in [0, 0.05) is 16.8 Å². The van der Waals surface area contributed by atoms with Gasteiger partial charge in [-0.3, -0.25) is 4.79 Å². The van der Waals surface area contributed by atoms with Gasteiger partial charge in [0.25, 0.3) is 5.91 Å². The van der Waals surface area contributed by atoms with Crippen LogP contribution in [0.3, 0.4) is 0 Å². The van der Waals surface area contributed by atoms with E-state index in [2.05, 4.69) is 10.0 Å². The maximum Gasteiger partial charge on any atom is 0.262 e. The molecule has 0 radical (unpaired) electrons. The number of carbonyl (C=O) groups is 1. The van der Waals surface area contributed by atoms with Crippen LogP contribution in [0.4, 0.5) is 5.69 Å². The highest BCUT2D eigenvalue weighted by molar-refractivity contribution is 7.89. The summed E-state index contributed by atoms with van der Waals surface area (Å²) in [5.41, 5.74) is 2.16. The van der Waals surface area contributed by atoms with Crippen LogP contribution in [0.2, 0.25) is 10.0 Å². The van der Waals surface area contributed by atoms with Gasteiger partial charge in [-0.2, -0.15) is 0 Å². The molecule has 1 amide bonds. The number of hydrogen-bond donors (Lipinski definition) is 2. The van der Waals surface area contributed by atoms with Gasteiger partial charge < -0.3 is 10.1 Å². The van der Waals surface area contributed by atoms with Crippen LogP contribution in [0.25, 0.3) is 0 Å². The Labute approximate surface area is 197 Å². The lowest BCUT2D eigenvalue weighted by Gasteiger charge is -2.15. The van der Waals surface area contributed by atoms with E-state index in [0.717, 1.165) is 11.1 Å². The third kappa shape index (κ3) is 6.01. The Morgan fingerprint density at radius 3 is 2.41 bits per heavy atom. The molecule has 3 aromatic rings. The summed E-state index contributed by atoms with van der Waals surface area (Å²) in [4.78, 5) is 12.2. The molecule has 32 heavy (non-hydrogen) atoms. The first-order chi connectivity index (χ1) is 15.2. The molecule has 0 saturated carbocycles. The van der Waals surface area contributed by atoms with E-state index in [4.69, 9.17) is 27.9 Å². The second-order valence-electron chi connectivity index (χ2n) is 7.10. The predicted octanol–water partition coefficient (Wildman–Crippen LogP) is 5.36. The number of amides is 1. The van der Waals surface area contributed by atoms with E-state index in [9.17, 15) is 13.2 Å². The number of ether oxygens (including phenoxy) is 1. The van der Waals surface area contributed by atoms with Crippen LogP contribution in [0, 0.1) is 6.92 Å². The van der Waals surface area contributed by atoms with Crippen LogP contribution in [-0.4, -0.2) is 20.9 Å². The fourth-order valence-electron chi connectivity index (χ4n) is 2.95. The van der Waals surface area contributed by atoms with Gasteiger partial charge in [0.1, 0.15) is 5.75 Å². The normalized spacial score (nSPS) is 12.2. The summed E-state index contributed by atoms with van der Waals surface area (Å²) >= 11 is 12.3. The number of hydrogen-bond acceptors (Lipinski definition) is 4. The summed E-state index contributed by atoms with van der Waals surface area (Å²) in [6.45, 7) is 3.24. The Bertz CT molecular complexity index is 1220. The lowest BCUT2D eigenvalue weighted by Crippen LogP contribution is -2.27. The lowest BCUT2D eigenvalue weighted by atomic mass is 10.1. The van der Waals surface area contributed by atoms with Crippen molar-refractivity contribution < 1.29 is 17.9 Å². The number of halogens is 2. The number of sulfonamides is 1. The molecular formula is C23H22Cl2N2O4S. The van der Waals surface area contributed by atoms with Crippen molar-refractivity contribution in [3.05, 3.63) is 87.9 Å². The van der Waals surface area contributed by atoms with Crippen molar-refractivity contribution >= 4 is 44.8 Å². The standard InChI is InChI=1S/C23H22Cl2N2O4S/c1-15-19(24)9-6-10-21(15)26-23(28)14-31-22-12-11-18(13-20(22)25)32(29,30)27-16(2)17-7-4-3-5-8-17/h3-13,16,27H,14H2,1-2H3,(H,26,28)/t16-/m0/s1. The van der Waals surface area contributed by atoms with Crippen LogP contribution in [0.1, 0.15) is 24.1 Å². The van der Waals surface area contributed by atoms with Crippen molar-refractivity contribution in [1.29, 1.82) is 0 Å². The van der Waals surface area contributed by atoms with Crippen LogP contribution < -0.4 is 14.8 Å². The van der Waals surface area contributed by atoms with Gasteiger partial charge in [-0.15, -0.1) is 0 Å². The maximum atomic E-state index is 12.7. The van der Waals surface area contributed by atoms with Crippen molar-refractivity contribution in [3.8, 4) is 5.75 Å². The first-order valence-electron chi connectivity index (χ1n) is 9.72. The van der Waals surface area contributed by atoms with Crippen molar-refractivity contribution in [2.24, 2.45) is 0 Å². The van der Waals surface area contributed by atoms with Gasteiger partial charge in [-0.25, -0.2) is 13.1 Å². The highest BCUT2D eigenvalue weighted by Crippen LogP contribution is 2.28. The minimum Gasteiger partial charge on any atom is -0.482 e. The fraction of sp³-hybridized carbons (Fsp3) is 0.174. The molecule has 168 valence electrons. The molecule has 0 spiro atoms. The van der Waals surface area contributed by atoms with E-state index >= 15 is 0 Å². The second kappa shape index (κ2) is 10.4. The molecule has 0 bridgehead atoms. The topological polar surface area (TPSA) is 84.5 Å². The number of nitrogens with one attached hydrogen (secondary N) is 2. The Hall–Kier alpha value is -2.58. The Balaban J connectivity index is 1.64. The molecule has 3 aromatic carbocycles. The van der Waals surface area contributed by atoms with Gasteiger partial charge in [0.15, 0.2) is 6.61 Å². The van der Waals surface area contributed by atoms with Gasteiger partial charge in [-0.1, -0.05) is 59.6 Å². The van der Waals surface area contributed by atoms with E-state index in [0.29, 0.717) is 10.7 Å². The summed E-state index contributed by atoms with van der Waals surface area (Å²) in [5, 5.41) is 3.33. The van der Waals surface area contributed by atoms with Crippen molar-refractivity contribution in [2.45, 2.75) is 24.8 Å². The van der Waals surface area contributed by atoms with Gasteiger partial charge in [0.2, 0.25) is 10.0 Å². The van der Waals surface area contributed by atoms with Crippen LogP contribution in [0.15, 0.2) is 71.6 Å². The smallest absolute Gasteiger partial charge is 0.262 e. The zero-order chi connectivity index (χ0) is 23.3. The van der Waals surface area contributed by atoms with Crippen LogP contribution in [0.5, 0.6) is 5.75 Å². The van der Waals surface area contributed by atoms with Gasteiger partial charge >= 0.3 is 0 Å². The zero-order valence-corrected chi connectivity index (χ0v) is 19.8.